The number of aromatic nitrogens is 1. The zero-order valence-electron chi connectivity index (χ0n) is 17.1. The molecule has 1 N–H and O–H groups in total. The van der Waals surface area contributed by atoms with Crippen molar-refractivity contribution in [1.82, 2.24) is 10.3 Å². The molecule has 2 rings (SSSR count). The van der Waals surface area contributed by atoms with Crippen molar-refractivity contribution >= 4 is 22.3 Å². The molecule has 152 valence electrons. The molecule has 0 aliphatic carbocycles. The lowest BCUT2D eigenvalue weighted by Gasteiger charge is -2.06. The van der Waals surface area contributed by atoms with E-state index in [-0.39, 0.29) is 14.4 Å². The summed E-state index contributed by atoms with van der Waals surface area (Å²) in [5.41, 5.74) is 0.804. The second-order valence-corrected chi connectivity index (χ2v) is 6.55. The van der Waals surface area contributed by atoms with Crippen LogP contribution in [-0.4, -0.2) is 29.6 Å². The summed E-state index contributed by atoms with van der Waals surface area (Å²) in [6, 6.07) is 7.73. The molecule has 0 spiro atoms. The SMILES string of the molecule is CC.CC(=O)CCCCCNCCCCC(=O)c1cccc2cnccc12.[HH].[HH]. The molecule has 1 aromatic carbocycles. The number of fused-ring (bicyclic) bond motifs is 1. The molecule has 0 saturated carbocycles. The molecule has 0 aliphatic heterocycles. The van der Waals surface area contributed by atoms with Gasteiger partial charge in [0, 0.05) is 39.0 Å². The summed E-state index contributed by atoms with van der Waals surface area (Å²) in [4.78, 5) is 27.4. The van der Waals surface area contributed by atoms with Gasteiger partial charge in [-0.25, -0.2) is 0 Å². The molecule has 0 bridgehead atoms. The number of ketones is 2. The Morgan fingerprint density at radius 1 is 0.963 bits per heavy atom. The van der Waals surface area contributed by atoms with Gasteiger partial charge in [-0.2, -0.15) is 0 Å². The molecule has 0 radical (unpaired) electrons. The van der Waals surface area contributed by atoms with Gasteiger partial charge in [0.05, 0.1) is 0 Å². The zero-order chi connectivity index (χ0) is 19.9. The van der Waals surface area contributed by atoms with Gasteiger partial charge in [-0.3, -0.25) is 9.78 Å². The normalized spacial score (nSPS) is 10.3. The van der Waals surface area contributed by atoms with Gasteiger partial charge < -0.3 is 10.1 Å². The fraction of sp³-hybridized carbons (Fsp3) is 0.522. The van der Waals surface area contributed by atoms with Crippen molar-refractivity contribution in [1.29, 1.82) is 0 Å². The van der Waals surface area contributed by atoms with Crippen LogP contribution in [0.25, 0.3) is 10.8 Å². The molecule has 0 unspecified atom stereocenters. The number of hydrogen-bond acceptors (Lipinski definition) is 4. The Morgan fingerprint density at radius 3 is 2.41 bits per heavy atom. The number of carbonyl (C=O) groups is 2. The van der Waals surface area contributed by atoms with E-state index < -0.39 is 0 Å². The van der Waals surface area contributed by atoms with E-state index in [0.717, 1.165) is 61.5 Å². The van der Waals surface area contributed by atoms with Gasteiger partial charge in [0.1, 0.15) is 5.78 Å². The number of rotatable bonds is 12. The number of benzene rings is 1. The van der Waals surface area contributed by atoms with Crippen molar-refractivity contribution in [2.45, 2.75) is 65.7 Å². The molecule has 4 nitrogen and oxygen atoms in total. The second kappa shape index (κ2) is 14.0. The second-order valence-electron chi connectivity index (χ2n) is 6.55. The standard InChI is InChI=1S/C21H28N2O2.C2H6.2H2/c1-17(24)8-3-2-5-13-22-14-6-4-11-21(25)20-10-7-9-18-16-23-15-12-19(18)20;1-2;;/h7,9-10,12,15-16,22H,2-6,8,11,13-14H2,1H3;1-2H3;2*1H. The minimum atomic E-state index is 0. The van der Waals surface area contributed by atoms with Crippen molar-refractivity contribution in [3.63, 3.8) is 0 Å². The summed E-state index contributed by atoms with van der Waals surface area (Å²) in [6.45, 7) is 7.58. The minimum Gasteiger partial charge on any atom is -0.317 e. The molecule has 1 heterocycles. The van der Waals surface area contributed by atoms with Crippen molar-refractivity contribution in [2.75, 3.05) is 13.1 Å². The van der Waals surface area contributed by atoms with E-state index in [1.165, 1.54) is 0 Å². The Kier molecular flexibility index (Phi) is 11.9. The van der Waals surface area contributed by atoms with Crippen LogP contribution in [0, 0.1) is 0 Å². The molecule has 2 aromatic rings. The zero-order valence-corrected chi connectivity index (χ0v) is 17.1. The highest BCUT2D eigenvalue weighted by molar-refractivity contribution is 6.07. The van der Waals surface area contributed by atoms with Gasteiger partial charge in [-0.05, 0) is 57.1 Å². The van der Waals surface area contributed by atoms with Crippen LogP contribution in [0.3, 0.4) is 0 Å². The number of carbonyl (C=O) groups excluding carboxylic acids is 2. The third-order valence-electron chi connectivity index (χ3n) is 4.37. The summed E-state index contributed by atoms with van der Waals surface area (Å²) in [5.74, 6) is 0.487. The van der Waals surface area contributed by atoms with Crippen LogP contribution in [0.15, 0.2) is 36.7 Å². The molecule has 0 aliphatic rings. The maximum Gasteiger partial charge on any atom is 0.163 e. The van der Waals surface area contributed by atoms with E-state index in [9.17, 15) is 9.59 Å². The fourth-order valence-electron chi connectivity index (χ4n) is 2.96. The van der Waals surface area contributed by atoms with Crippen LogP contribution >= 0.6 is 0 Å². The van der Waals surface area contributed by atoms with Crippen LogP contribution in [-0.2, 0) is 4.79 Å². The van der Waals surface area contributed by atoms with Gasteiger partial charge in [-0.1, -0.05) is 38.5 Å². The maximum absolute atomic E-state index is 12.5. The van der Waals surface area contributed by atoms with E-state index in [0.29, 0.717) is 12.8 Å². The topological polar surface area (TPSA) is 59.1 Å². The number of nitrogens with one attached hydrogen (secondary N) is 1. The Labute approximate surface area is 166 Å². The number of pyridine rings is 1. The van der Waals surface area contributed by atoms with E-state index in [1.807, 2.05) is 38.1 Å². The maximum atomic E-state index is 12.5. The number of Topliss-reactive ketones (excluding diaryl/α,β-unsaturated/α-hetero) is 2. The number of nitrogens with zero attached hydrogens (tertiary/aromatic N) is 1. The highest BCUT2D eigenvalue weighted by atomic mass is 16.1. The first kappa shape index (κ1) is 23.0. The summed E-state index contributed by atoms with van der Waals surface area (Å²) in [6.07, 6.45) is 9.92. The fourth-order valence-corrected chi connectivity index (χ4v) is 2.96. The Bertz CT molecular complexity index is 703. The minimum absolute atomic E-state index is 0. The predicted molar refractivity (Wildman–Crippen MR) is 118 cm³/mol. The first-order chi connectivity index (χ1) is 13.2. The highest BCUT2D eigenvalue weighted by Gasteiger charge is 2.09. The van der Waals surface area contributed by atoms with Crippen molar-refractivity contribution < 1.29 is 12.4 Å². The van der Waals surface area contributed by atoms with Gasteiger partial charge in [-0.15, -0.1) is 0 Å². The molecule has 0 saturated heterocycles. The molecule has 0 amide bonds. The third-order valence-corrected chi connectivity index (χ3v) is 4.37. The highest BCUT2D eigenvalue weighted by Crippen LogP contribution is 2.19. The Hall–Kier alpha value is -2.07. The largest absolute Gasteiger partial charge is 0.317 e. The summed E-state index contributed by atoms with van der Waals surface area (Å²) < 4.78 is 0. The smallest absolute Gasteiger partial charge is 0.163 e. The van der Waals surface area contributed by atoms with Gasteiger partial charge in [0.15, 0.2) is 5.78 Å². The molecule has 27 heavy (non-hydrogen) atoms. The van der Waals surface area contributed by atoms with Crippen LogP contribution in [0.5, 0.6) is 0 Å². The van der Waals surface area contributed by atoms with Crippen molar-refractivity contribution in [2.24, 2.45) is 0 Å². The van der Waals surface area contributed by atoms with Gasteiger partial charge in [0.25, 0.3) is 0 Å². The van der Waals surface area contributed by atoms with E-state index in [2.05, 4.69) is 10.3 Å². The molecule has 4 heteroatoms. The third kappa shape index (κ3) is 8.91. The van der Waals surface area contributed by atoms with Crippen LogP contribution in [0.4, 0.5) is 0 Å². The summed E-state index contributed by atoms with van der Waals surface area (Å²) >= 11 is 0. The lowest BCUT2D eigenvalue weighted by molar-refractivity contribution is -0.117. The first-order valence-electron chi connectivity index (χ1n) is 10.2. The number of hydrogen-bond donors (Lipinski definition) is 1. The predicted octanol–water partition coefficient (Wildman–Crippen LogP) is 5.85. The first-order valence-corrected chi connectivity index (χ1v) is 10.2. The van der Waals surface area contributed by atoms with Crippen molar-refractivity contribution in [3.8, 4) is 0 Å². The summed E-state index contributed by atoms with van der Waals surface area (Å²) in [7, 11) is 0. The van der Waals surface area contributed by atoms with E-state index in [1.54, 1.807) is 19.3 Å². The lowest BCUT2D eigenvalue weighted by Crippen LogP contribution is -2.17. The molecule has 1 aromatic heterocycles. The Morgan fingerprint density at radius 2 is 1.67 bits per heavy atom. The molecule has 0 atom stereocenters. The molecule has 0 fully saturated rings. The molecular formula is C23H38N2O2. The quantitative estimate of drug-likeness (QED) is 0.374. The molecular weight excluding hydrogens is 336 g/mol. The monoisotopic (exact) mass is 374 g/mol. The average Bonchev–Trinajstić information content (AvgIpc) is 2.70. The summed E-state index contributed by atoms with van der Waals surface area (Å²) in [5, 5.41) is 5.42. The van der Waals surface area contributed by atoms with Gasteiger partial charge in [0.2, 0.25) is 0 Å². The van der Waals surface area contributed by atoms with Crippen LogP contribution in [0.2, 0.25) is 0 Å². The van der Waals surface area contributed by atoms with Gasteiger partial charge >= 0.3 is 0 Å². The van der Waals surface area contributed by atoms with Crippen LogP contribution in [0.1, 0.15) is 78.9 Å². The number of unbranched alkanes of at least 4 members (excludes halogenated alkanes) is 3. The van der Waals surface area contributed by atoms with E-state index in [4.69, 9.17) is 0 Å². The average molecular weight is 375 g/mol. The van der Waals surface area contributed by atoms with E-state index >= 15 is 0 Å². The lowest BCUT2D eigenvalue weighted by atomic mass is 10.00. The Balaban J connectivity index is 0. The van der Waals surface area contributed by atoms with Crippen molar-refractivity contribution in [3.05, 3.63) is 42.2 Å². The van der Waals surface area contributed by atoms with Crippen LogP contribution < -0.4 is 5.32 Å².